The van der Waals surface area contributed by atoms with Crippen LogP contribution in [-0.4, -0.2) is 66.3 Å². The summed E-state index contributed by atoms with van der Waals surface area (Å²) >= 11 is 0. The van der Waals surface area contributed by atoms with Gasteiger partial charge in [0.15, 0.2) is 0 Å². The number of unbranched alkanes of at least 4 members (excludes halogenated alkanes) is 17. The highest BCUT2D eigenvalue weighted by Gasteiger charge is 2.26. The van der Waals surface area contributed by atoms with Gasteiger partial charge in [-0.05, 0) is 77.0 Å². The molecule has 0 bridgehead atoms. The largest absolute Gasteiger partial charge is 0.472 e. The Morgan fingerprint density at radius 1 is 0.596 bits per heavy atom. The van der Waals surface area contributed by atoms with E-state index < -0.39 is 39.2 Å². The minimum Gasteiger partial charge on any atom is -0.457 e. The zero-order chi connectivity index (χ0) is 38.2. The first-order valence-electron chi connectivity index (χ1n) is 20.6. The Morgan fingerprint density at radius 2 is 1.04 bits per heavy atom. The summed E-state index contributed by atoms with van der Waals surface area (Å²) in [7, 11) is -4.52. The Hall–Kier alpha value is -1.58. The van der Waals surface area contributed by atoms with Crippen molar-refractivity contribution in [1.82, 2.24) is 0 Å². The van der Waals surface area contributed by atoms with Crippen molar-refractivity contribution in [3.8, 4) is 0 Å². The van der Waals surface area contributed by atoms with E-state index in [2.05, 4.69) is 62.5 Å². The molecule has 0 saturated carbocycles. The first kappa shape index (κ1) is 50.4. The molecule has 10 heteroatoms. The number of carbonyl (C=O) groups is 1. The summed E-state index contributed by atoms with van der Waals surface area (Å²) in [5.74, 6) is -0.402. The lowest BCUT2D eigenvalue weighted by atomic mass is 10.1. The third kappa shape index (κ3) is 38.2. The molecule has 0 amide bonds. The van der Waals surface area contributed by atoms with Crippen LogP contribution in [0.1, 0.15) is 168 Å². The van der Waals surface area contributed by atoms with Crippen LogP contribution in [0.25, 0.3) is 0 Å². The minimum absolute atomic E-state index is 0.0352. The van der Waals surface area contributed by atoms with Gasteiger partial charge in [-0.25, -0.2) is 4.57 Å². The molecule has 0 radical (unpaired) electrons. The number of phosphoric ester groups is 1. The minimum atomic E-state index is -4.52. The van der Waals surface area contributed by atoms with Crippen molar-refractivity contribution in [3.05, 3.63) is 48.6 Å². The lowest BCUT2D eigenvalue weighted by Gasteiger charge is -2.20. The Morgan fingerprint density at radius 3 is 1.54 bits per heavy atom. The van der Waals surface area contributed by atoms with Crippen LogP contribution in [0.2, 0.25) is 0 Å². The van der Waals surface area contributed by atoms with Gasteiger partial charge in [-0.15, -0.1) is 0 Å². The predicted octanol–water partition coefficient (Wildman–Crippen LogP) is 11.0. The van der Waals surface area contributed by atoms with Crippen molar-refractivity contribution in [2.24, 2.45) is 0 Å². The normalized spacial score (nSPS) is 14.6. The van der Waals surface area contributed by atoms with Gasteiger partial charge in [0.25, 0.3) is 0 Å². The molecule has 0 aliphatic carbocycles. The molecule has 52 heavy (non-hydrogen) atoms. The summed E-state index contributed by atoms with van der Waals surface area (Å²) in [5.41, 5.74) is 0. The van der Waals surface area contributed by atoms with E-state index in [1.807, 2.05) is 0 Å². The van der Waals surface area contributed by atoms with Crippen LogP contribution in [0.3, 0.4) is 0 Å². The molecule has 0 saturated heterocycles. The molecule has 0 spiro atoms. The molecule has 0 fully saturated rings. The Bertz CT molecular complexity index is 950. The van der Waals surface area contributed by atoms with Crippen molar-refractivity contribution in [2.75, 3.05) is 33.0 Å². The van der Waals surface area contributed by atoms with Gasteiger partial charge < -0.3 is 24.6 Å². The van der Waals surface area contributed by atoms with Crippen molar-refractivity contribution < 1.29 is 43.0 Å². The third-order valence-electron chi connectivity index (χ3n) is 8.49. The molecule has 3 N–H and O–H groups in total. The molecular formula is C42H77O9P. The van der Waals surface area contributed by atoms with Crippen LogP contribution in [-0.2, 0) is 27.9 Å². The maximum Gasteiger partial charge on any atom is 0.472 e. The van der Waals surface area contributed by atoms with Gasteiger partial charge in [-0.3, -0.25) is 13.8 Å². The van der Waals surface area contributed by atoms with Crippen LogP contribution in [0.5, 0.6) is 0 Å². The summed E-state index contributed by atoms with van der Waals surface area (Å²) in [6, 6.07) is 0. The first-order chi connectivity index (χ1) is 25.3. The van der Waals surface area contributed by atoms with E-state index in [1.165, 1.54) is 70.6 Å². The number of hydrogen-bond donors (Lipinski definition) is 3. The molecule has 0 aromatic rings. The average Bonchev–Trinajstić information content (AvgIpc) is 3.13. The summed E-state index contributed by atoms with van der Waals surface area (Å²) in [6.45, 7) is 3.41. The van der Waals surface area contributed by atoms with Gasteiger partial charge in [-0.1, -0.05) is 133 Å². The molecule has 0 aliphatic heterocycles. The maximum absolute atomic E-state index is 12.6. The fraction of sp³-hybridized carbons (Fsp3) is 0.786. The van der Waals surface area contributed by atoms with Crippen molar-refractivity contribution in [3.63, 3.8) is 0 Å². The van der Waals surface area contributed by atoms with Crippen LogP contribution < -0.4 is 0 Å². The Balaban J connectivity index is 4.25. The number of aliphatic hydroxyl groups excluding tert-OH is 2. The van der Waals surface area contributed by atoms with Gasteiger partial charge in [0.2, 0.25) is 0 Å². The average molecular weight is 757 g/mol. The smallest absolute Gasteiger partial charge is 0.457 e. The second-order valence-electron chi connectivity index (χ2n) is 13.6. The SMILES string of the molecule is CCCCC/C=C\C/C=C\CCCCCCCCOCC(COP(=O)(O)OCC(O)CO)OC(=O)CCCCCCC/C=C\C/C=C\CCCCC. The highest BCUT2D eigenvalue weighted by molar-refractivity contribution is 7.47. The number of aliphatic hydroxyl groups is 2. The summed E-state index contributed by atoms with van der Waals surface area (Å²) in [4.78, 5) is 22.5. The lowest BCUT2D eigenvalue weighted by molar-refractivity contribution is -0.154. The molecule has 3 unspecified atom stereocenters. The van der Waals surface area contributed by atoms with Crippen molar-refractivity contribution in [1.29, 1.82) is 0 Å². The Kier molecular flexibility index (Phi) is 37.9. The molecule has 0 rings (SSSR count). The standard InChI is InChI=1S/C42H77O9P/c1-3-5-7-9-11-13-15-17-19-21-23-25-27-29-31-33-35-48-38-41(39-50-52(46,47)49-37-40(44)36-43)51-42(45)34-32-30-28-26-24-22-20-18-16-14-12-10-8-6-4-2/h11-14,17-20,40-41,43-44H,3-10,15-16,21-39H2,1-2H3,(H,46,47)/b13-11-,14-12-,19-17-,20-18-. The highest BCUT2D eigenvalue weighted by atomic mass is 31.2. The molecule has 304 valence electrons. The Labute approximate surface area is 317 Å². The zero-order valence-corrected chi connectivity index (χ0v) is 33.9. The molecule has 3 atom stereocenters. The van der Waals surface area contributed by atoms with E-state index in [0.717, 1.165) is 70.6 Å². The molecule has 9 nitrogen and oxygen atoms in total. The van der Waals surface area contributed by atoms with Crippen LogP contribution in [0.15, 0.2) is 48.6 Å². The van der Waals surface area contributed by atoms with Gasteiger partial charge in [-0.2, -0.15) is 0 Å². The zero-order valence-electron chi connectivity index (χ0n) is 33.0. The van der Waals surface area contributed by atoms with E-state index >= 15 is 0 Å². The van der Waals surface area contributed by atoms with Crippen molar-refractivity contribution >= 4 is 13.8 Å². The van der Waals surface area contributed by atoms with E-state index in [-0.39, 0.29) is 19.6 Å². The second-order valence-corrected chi connectivity index (χ2v) is 15.1. The fourth-order valence-corrected chi connectivity index (χ4v) is 6.09. The summed E-state index contributed by atoms with van der Waals surface area (Å²) in [6.07, 6.45) is 42.0. The number of ether oxygens (including phenoxy) is 2. The molecule has 0 heterocycles. The predicted molar refractivity (Wildman–Crippen MR) is 214 cm³/mol. The summed E-state index contributed by atoms with van der Waals surface area (Å²) in [5, 5.41) is 18.3. The van der Waals surface area contributed by atoms with E-state index in [1.54, 1.807) is 0 Å². The van der Waals surface area contributed by atoms with Gasteiger partial charge in [0.1, 0.15) is 12.2 Å². The number of hydrogen-bond acceptors (Lipinski definition) is 8. The van der Waals surface area contributed by atoms with E-state index in [0.29, 0.717) is 13.0 Å². The number of esters is 1. The molecule has 0 aromatic heterocycles. The quantitative estimate of drug-likeness (QED) is 0.0243. The molecule has 0 aromatic carbocycles. The van der Waals surface area contributed by atoms with Gasteiger partial charge >= 0.3 is 13.8 Å². The topological polar surface area (TPSA) is 132 Å². The number of rotatable bonds is 39. The maximum atomic E-state index is 12.6. The first-order valence-corrected chi connectivity index (χ1v) is 22.1. The van der Waals surface area contributed by atoms with Crippen LogP contribution >= 0.6 is 7.82 Å². The van der Waals surface area contributed by atoms with Gasteiger partial charge in [0, 0.05) is 13.0 Å². The number of carbonyl (C=O) groups excluding carboxylic acids is 1. The highest BCUT2D eigenvalue weighted by Crippen LogP contribution is 2.43. The lowest BCUT2D eigenvalue weighted by Crippen LogP contribution is -2.29. The van der Waals surface area contributed by atoms with E-state index in [9.17, 15) is 19.4 Å². The fourth-order valence-electron chi connectivity index (χ4n) is 5.30. The van der Waals surface area contributed by atoms with E-state index in [4.69, 9.17) is 23.6 Å². The monoisotopic (exact) mass is 757 g/mol. The van der Waals surface area contributed by atoms with Crippen LogP contribution in [0, 0.1) is 0 Å². The molecule has 0 aliphatic rings. The third-order valence-corrected chi connectivity index (χ3v) is 9.44. The summed E-state index contributed by atoms with van der Waals surface area (Å²) < 4.78 is 33.3. The number of allylic oxidation sites excluding steroid dienone is 8. The number of phosphoric acid groups is 1. The van der Waals surface area contributed by atoms with Crippen LogP contribution in [0.4, 0.5) is 0 Å². The second kappa shape index (κ2) is 39.1. The van der Waals surface area contributed by atoms with Gasteiger partial charge in [0.05, 0.1) is 26.4 Å². The molecular weight excluding hydrogens is 679 g/mol. The van der Waals surface area contributed by atoms with Crippen molar-refractivity contribution in [2.45, 2.75) is 180 Å².